The second-order valence-electron chi connectivity index (χ2n) is 6.09. The molecule has 1 atom stereocenters. The van der Waals surface area contributed by atoms with Crippen LogP contribution in [0.1, 0.15) is 27.7 Å². The molecular weight excluding hydrogens is 303 g/mol. The van der Waals surface area contributed by atoms with E-state index in [0.29, 0.717) is 5.69 Å². The van der Waals surface area contributed by atoms with Gasteiger partial charge in [0.1, 0.15) is 11.4 Å². The highest BCUT2D eigenvalue weighted by Gasteiger charge is 2.19. The first-order valence-corrected chi connectivity index (χ1v) is 7.28. The van der Waals surface area contributed by atoms with E-state index < -0.39 is 23.8 Å². The van der Waals surface area contributed by atoms with Crippen LogP contribution in [0.25, 0.3) is 0 Å². The summed E-state index contributed by atoms with van der Waals surface area (Å²) in [6.07, 6.45) is -1.17. The maximum absolute atomic E-state index is 13.8. The summed E-state index contributed by atoms with van der Waals surface area (Å²) in [6.45, 7) is 7.07. The third-order valence-electron chi connectivity index (χ3n) is 2.87. The van der Waals surface area contributed by atoms with E-state index in [2.05, 4.69) is 10.6 Å². The monoisotopic (exact) mass is 328 g/mol. The summed E-state index contributed by atoms with van der Waals surface area (Å²) in [5.74, 6) is -0.552. The Hall–Kier alpha value is -1.86. The molecule has 0 aliphatic heterocycles. The summed E-state index contributed by atoms with van der Waals surface area (Å²) in [5, 5.41) is 5.52. The lowest BCUT2D eigenvalue weighted by atomic mass is 10.2. The molecule has 0 aliphatic rings. The summed E-state index contributed by atoms with van der Waals surface area (Å²) >= 11 is 0. The van der Waals surface area contributed by atoms with Crippen LogP contribution in [0, 0.1) is 5.82 Å². The van der Waals surface area contributed by atoms with E-state index in [0.717, 1.165) is 0 Å². The second-order valence-corrected chi connectivity index (χ2v) is 6.09. The van der Waals surface area contributed by atoms with E-state index in [-0.39, 0.29) is 11.7 Å². The number of halogens is 1. The molecule has 6 nitrogen and oxygen atoms in total. The van der Waals surface area contributed by atoms with Gasteiger partial charge in [-0.05, 0) is 45.9 Å². The number of carbonyl (C=O) groups excluding carboxylic acids is 1. The highest BCUT2D eigenvalue weighted by atomic mass is 19.1. The van der Waals surface area contributed by atoms with E-state index in [4.69, 9.17) is 14.2 Å². The maximum Gasteiger partial charge on any atom is 0.412 e. The molecule has 1 rings (SSSR count). The molecular formula is C16H25FN2O4. The van der Waals surface area contributed by atoms with Gasteiger partial charge in [-0.3, -0.25) is 5.32 Å². The summed E-state index contributed by atoms with van der Waals surface area (Å²) in [7, 11) is 3.07. The minimum absolute atomic E-state index is 0.0304. The van der Waals surface area contributed by atoms with Crippen LogP contribution >= 0.6 is 0 Å². The average Bonchev–Trinajstić information content (AvgIpc) is 2.41. The van der Waals surface area contributed by atoms with Crippen LogP contribution in [0.15, 0.2) is 18.2 Å². The van der Waals surface area contributed by atoms with Crippen LogP contribution in [0.5, 0.6) is 0 Å². The first-order valence-electron chi connectivity index (χ1n) is 7.28. The number of methoxy groups -OCH3 is 2. The first-order chi connectivity index (χ1) is 10.7. The lowest BCUT2D eigenvalue weighted by Crippen LogP contribution is -2.33. The molecule has 2 N–H and O–H groups in total. The fourth-order valence-corrected chi connectivity index (χ4v) is 1.96. The fourth-order valence-electron chi connectivity index (χ4n) is 1.96. The van der Waals surface area contributed by atoms with Crippen molar-refractivity contribution in [2.75, 3.05) is 24.9 Å². The molecule has 0 radical (unpaired) electrons. The van der Waals surface area contributed by atoms with Crippen LogP contribution in [-0.2, 0) is 14.2 Å². The number of amides is 1. The molecule has 23 heavy (non-hydrogen) atoms. The Morgan fingerprint density at radius 1 is 1.22 bits per heavy atom. The average molecular weight is 328 g/mol. The number of ether oxygens (including phenoxy) is 3. The summed E-state index contributed by atoms with van der Waals surface area (Å²) in [6, 6.07) is 4.13. The van der Waals surface area contributed by atoms with Gasteiger partial charge in [-0.1, -0.05) is 0 Å². The Bertz CT molecular complexity index is 527. The van der Waals surface area contributed by atoms with Crippen molar-refractivity contribution in [1.82, 2.24) is 0 Å². The number of nitrogens with one attached hydrogen (secondary N) is 2. The van der Waals surface area contributed by atoms with Crippen LogP contribution in [0.3, 0.4) is 0 Å². The zero-order chi connectivity index (χ0) is 17.6. The zero-order valence-corrected chi connectivity index (χ0v) is 14.4. The Labute approximate surface area is 136 Å². The Balaban J connectivity index is 2.81. The van der Waals surface area contributed by atoms with E-state index in [9.17, 15) is 9.18 Å². The highest BCUT2D eigenvalue weighted by Crippen LogP contribution is 2.22. The van der Waals surface area contributed by atoms with Crippen molar-refractivity contribution in [1.29, 1.82) is 0 Å². The van der Waals surface area contributed by atoms with Gasteiger partial charge in [0.05, 0.1) is 11.7 Å². The lowest BCUT2D eigenvalue weighted by Gasteiger charge is -2.23. The summed E-state index contributed by atoms with van der Waals surface area (Å²) in [4.78, 5) is 11.8. The van der Waals surface area contributed by atoms with E-state index in [1.807, 2.05) is 6.92 Å². The molecule has 0 spiro atoms. The van der Waals surface area contributed by atoms with Crippen molar-refractivity contribution in [3.05, 3.63) is 24.0 Å². The van der Waals surface area contributed by atoms with Crippen LogP contribution in [0.2, 0.25) is 0 Å². The van der Waals surface area contributed by atoms with Crippen LogP contribution < -0.4 is 10.6 Å². The van der Waals surface area contributed by atoms with E-state index >= 15 is 0 Å². The molecule has 0 saturated heterocycles. The molecule has 130 valence electrons. The van der Waals surface area contributed by atoms with E-state index in [1.54, 1.807) is 26.8 Å². The quantitative estimate of drug-likeness (QED) is 0.781. The van der Waals surface area contributed by atoms with E-state index in [1.165, 1.54) is 26.4 Å². The molecule has 0 saturated carbocycles. The smallest absolute Gasteiger partial charge is 0.412 e. The van der Waals surface area contributed by atoms with Gasteiger partial charge < -0.3 is 19.5 Å². The number of hydrogen-bond donors (Lipinski definition) is 2. The third kappa shape index (κ3) is 6.42. The van der Waals surface area contributed by atoms with Crippen molar-refractivity contribution in [3.63, 3.8) is 0 Å². The number of anilines is 2. The first kappa shape index (κ1) is 19.2. The molecule has 0 aliphatic carbocycles. The molecule has 1 aromatic carbocycles. The Kier molecular flexibility index (Phi) is 6.78. The topological polar surface area (TPSA) is 68.8 Å². The minimum Gasteiger partial charge on any atom is -0.444 e. The molecule has 0 heterocycles. The van der Waals surface area contributed by atoms with Crippen LogP contribution in [0.4, 0.5) is 20.6 Å². The minimum atomic E-state index is -0.715. The van der Waals surface area contributed by atoms with Crippen molar-refractivity contribution < 1.29 is 23.4 Å². The van der Waals surface area contributed by atoms with Gasteiger partial charge in [0.25, 0.3) is 0 Å². The lowest BCUT2D eigenvalue weighted by molar-refractivity contribution is -0.109. The van der Waals surface area contributed by atoms with Crippen molar-refractivity contribution in [3.8, 4) is 0 Å². The molecule has 1 unspecified atom stereocenters. The van der Waals surface area contributed by atoms with Crippen LogP contribution in [-0.4, -0.2) is 38.2 Å². The van der Waals surface area contributed by atoms with Gasteiger partial charge in [0, 0.05) is 19.9 Å². The molecule has 0 bridgehead atoms. The number of benzene rings is 1. The number of rotatable bonds is 6. The van der Waals surface area contributed by atoms with Gasteiger partial charge in [0.15, 0.2) is 6.29 Å². The molecule has 1 aromatic rings. The summed E-state index contributed by atoms with van der Waals surface area (Å²) in [5.41, 5.74) is -0.0124. The standard InChI is InChI=1S/C16H25FN2O4/c1-10(14(21-5)22-6)18-11-7-8-12(17)13(9-11)19-15(20)23-16(2,3)4/h7-10,14,18H,1-6H3,(H,19,20). The van der Waals surface area contributed by atoms with Crippen molar-refractivity contribution >= 4 is 17.5 Å². The Morgan fingerprint density at radius 2 is 1.83 bits per heavy atom. The van der Waals surface area contributed by atoms with Gasteiger partial charge in [0.2, 0.25) is 0 Å². The fraction of sp³-hybridized carbons (Fsp3) is 0.562. The van der Waals surface area contributed by atoms with Gasteiger partial charge in [-0.2, -0.15) is 0 Å². The molecule has 1 amide bonds. The van der Waals surface area contributed by atoms with Crippen molar-refractivity contribution in [2.24, 2.45) is 0 Å². The van der Waals surface area contributed by atoms with Crippen molar-refractivity contribution in [2.45, 2.75) is 45.6 Å². The predicted octanol–water partition coefficient (Wildman–Crippen LogP) is 3.59. The second kappa shape index (κ2) is 8.12. The summed E-state index contributed by atoms with van der Waals surface area (Å²) < 4.78 is 29.3. The van der Waals surface area contributed by atoms with Gasteiger partial charge in [-0.15, -0.1) is 0 Å². The third-order valence-corrected chi connectivity index (χ3v) is 2.87. The largest absolute Gasteiger partial charge is 0.444 e. The SMILES string of the molecule is COC(OC)C(C)Nc1ccc(F)c(NC(=O)OC(C)(C)C)c1. The van der Waals surface area contributed by atoms with Gasteiger partial charge >= 0.3 is 6.09 Å². The molecule has 0 fully saturated rings. The normalized spacial score (nSPS) is 12.9. The Morgan fingerprint density at radius 3 is 2.35 bits per heavy atom. The highest BCUT2D eigenvalue weighted by molar-refractivity contribution is 5.85. The zero-order valence-electron chi connectivity index (χ0n) is 14.4. The maximum atomic E-state index is 13.8. The number of hydrogen-bond acceptors (Lipinski definition) is 5. The molecule has 0 aromatic heterocycles. The predicted molar refractivity (Wildman–Crippen MR) is 87.1 cm³/mol. The molecule has 7 heteroatoms. The number of carbonyl (C=O) groups is 1. The van der Waals surface area contributed by atoms with Gasteiger partial charge in [-0.25, -0.2) is 9.18 Å².